The summed E-state index contributed by atoms with van der Waals surface area (Å²) in [5.41, 5.74) is -8.30. The minimum atomic E-state index is -4.32. The van der Waals surface area contributed by atoms with Crippen LogP contribution in [0.25, 0.3) is 0 Å². The number of amides is 1. The number of rotatable bonds is 11. The lowest BCUT2D eigenvalue weighted by molar-refractivity contribution is -0.364. The van der Waals surface area contributed by atoms with E-state index < -0.39 is 135 Å². The summed E-state index contributed by atoms with van der Waals surface area (Å²) in [5.74, 6) is -3.62. The van der Waals surface area contributed by atoms with Crippen molar-refractivity contribution in [2.75, 3.05) is 13.2 Å². The number of esters is 2. The fourth-order valence-corrected chi connectivity index (χ4v) is 10.8. The molecule has 3 heterocycles. The van der Waals surface area contributed by atoms with E-state index in [-0.39, 0.29) is 29.7 Å². The molecule has 12 atom stereocenters. The smallest absolute Gasteiger partial charge is 0.467 e. The van der Waals surface area contributed by atoms with Crippen molar-refractivity contribution in [3.05, 3.63) is 83.9 Å². The summed E-state index contributed by atoms with van der Waals surface area (Å²) in [4.78, 5) is 54.6. The van der Waals surface area contributed by atoms with Crippen molar-refractivity contribution in [1.82, 2.24) is 5.32 Å². The van der Waals surface area contributed by atoms with Crippen LogP contribution in [0.4, 0.5) is 18.4 Å². The van der Waals surface area contributed by atoms with E-state index in [0.717, 1.165) is 13.2 Å². The van der Waals surface area contributed by atoms with Crippen LogP contribution in [0.3, 0.4) is 0 Å². The molecule has 4 fully saturated rings. The molecule has 21 heteroatoms. The molecule has 1 aromatic carbocycles. The molecule has 16 nitrogen and oxygen atoms in total. The molecule has 2 N–H and O–H groups in total. The number of hydrogen-bond donors (Lipinski definition) is 2. The Morgan fingerprint density at radius 1 is 1.03 bits per heavy atom. The predicted octanol–water partition coefficient (Wildman–Crippen LogP) is 8.46. The second-order valence-electron chi connectivity index (χ2n) is 19.2. The summed E-state index contributed by atoms with van der Waals surface area (Å²) in [6.07, 6.45) is -15.1. The Labute approximate surface area is 400 Å². The van der Waals surface area contributed by atoms with Crippen LogP contribution in [0, 0.1) is 16.7 Å². The molecule has 5 aliphatic rings. The number of aliphatic hydroxyl groups is 1. The van der Waals surface area contributed by atoms with Crippen molar-refractivity contribution in [3.63, 3.8) is 0 Å². The third kappa shape index (κ3) is 9.41. The predicted molar refractivity (Wildman–Crippen MR) is 233 cm³/mol. The number of alkyl halides is 5. The van der Waals surface area contributed by atoms with Gasteiger partial charge >= 0.3 is 30.3 Å². The van der Waals surface area contributed by atoms with Crippen molar-refractivity contribution in [1.29, 1.82) is 0 Å². The van der Waals surface area contributed by atoms with Gasteiger partial charge in [0.2, 0.25) is 3.79 Å². The first kappa shape index (κ1) is 50.9. The number of nitrogens with one attached hydrogen (secondary N) is 1. The lowest BCUT2D eigenvalue weighted by Crippen LogP contribution is -2.82. The molecule has 2 aromatic rings. The van der Waals surface area contributed by atoms with Gasteiger partial charge in [-0.15, -0.1) is 0 Å². The van der Waals surface area contributed by atoms with Gasteiger partial charge in [0.25, 0.3) is 0 Å². The molecule has 67 heavy (non-hydrogen) atoms. The average Bonchev–Trinajstić information content (AvgIpc) is 3.91. The van der Waals surface area contributed by atoms with Gasteiger partial charge in [-0.2, -0.15) is 8.78 Å². The summed E-state index contributed by atoms with van der Waals surface area (Å²) >= 11 is 17.7. The van der Waals surface area contributed by atoms with E-state index in [1.165, 1.54) is 37.3 Å². The first-order valence-corrected chi connectivity index (χ1v) is 22.6. The quantitative estimate of drug-likeness (QED) is 0.0941. The number of hydrogen-bond acceptors (Lipinski definition) is 15. The Balaban J connectivity index is 1.46. The second kappa shape index (κ2) is 18.1. The molecule has 2 aliphatic heterocycles. The van der Waals surface area contributed by atoms with E-state index in [4.69, 9.17) is 81.9 Å². The van der Waals surface area contributed by atoms with E-state index in [1.807, 2.05) is 0 Å². The van der Waals surface area contributed by atoms with Crippen molar-refractivity contribution < 1.29 is 80.1 Å². The van der Waals surface area contributed by atoms with E-state index in [2.05, 4.69) is 11.9 Å². The Morgan fingerprint density at radius 3 is 2.28 bits per heavy atom. The second-order valence-corrected chi connectivity index (χ2v) is 21.7. The minimum Gasteiger partial charge on any atom is -0.467 e. The van der Waals surface area contributed by atoms with E-state index in [0.29, 0.717) is 0 Å². The zero-order valence-corrected chi connectivity index (χ0v) is 40.2. The summed E-state index contributed by atoms with van der Waals surface area (Å²) in [7, 11) is 0. The molecule has 3 aliphatic carbocycles. The number of alkyl carbamates (subject to hydrolysis) is 1. The van der Waals surface area contributed by atoms with Crippen molar-refractivity contribution in [2.45, 2.75) is 144 Å². The van der Waals surface area contributed by atoms with Crippen molar-refractivity contribution in [3.8, 4) is 0 Å². The molecule has 368 valence electrons. The Kier molecular flexibility index (Phi) is 13.7. The number of furan rings is 1. The van der Waals surface area contributed by atoms with Gasteiger partial charge in [0.15, 0.2) is 17.9 Å². The first-order valence-electron chi connectivity index (χ1n) is 21.5. The highest BCUT2D eigenvalue weighted by atomic mass is 35.6. The minimum absolute atomic E-state index is 0.0381. The first-order chi connectivity index (χ1) is 31.1. The largest absolute Gasteiger partial charge is 0.508 e. The molecule has 0 radical (unpaired) electrons. The van der Waals surface area contributed by atoms with Gasteiger partial charge in [0, 0.05) is 30.6 Å². The topological polar surface area (TPSA) is 197 Å². The number of carbonyl (C=O) groups excluding carboxylic acids is 4. The van der Waals surface area contributed by atoms with Gasteiger partial charge in [-0.25, -0.2) is 14.4 Å². The highest BCUT2D eigenvalue weighted by Crippen LogP contribution is 2.67. The average molecular weight is 1010 g/mol. The maximum Gasteiger partial charge on any atom is 0.508 e. The standard InChI is InChI=1S/C46H54Cl3F2NO15/c1-10-30-62-32-31-23(2)27(66-46(50,51)34(26-17-14-18-58-26)52-38(55)67-40(4,5)6)20-44(57,41(31,7)8)36(64-37(54)25-15-12-11-13-16-25)33-42(9,35(32)63-30)28(61-39(56)60-22-45(47,48)49)19-29-43(33,21-59-29)65-24(3)53/h10-18,27-30,32-36,57H,1,19-22H2,2-9H3,(H,52,55)/t27?,28?,29?,30?,32?,33?,34?,35?,36?,42-,43?,44?/m1/s1. The summed E-state index contributed by atoms with van der Waals surface area (Å²) in [6, 6.07) is 8.07. The van der Waals surface area contributed by atoms with E-state index >= 15 is 8.78 Å². The normalized spacial score (nSPS) is 33.8. The van der Waals surface area contributed by atoms with Gasteiger partial charge in [-0.3, -0.25) is 4.79 Å². The van der Waals surface area contributed by atoms with Crippen LogP contribution in [-0.4, -0.2) is 112 Å². The van der Waals surface area contributed by atoms with Crippen LogP contribution < -0.4 is 5.32 Å². The lowest BCUT2D eigenvalue weighted by Gasteiger charge is -2.69. The van der Waals surface area contributed by atoms with Gasteiger partial charge in [0.1, 0.15) is 54.1 Å². The van der Waals surface area contributed by atoms with Gasteiger partial charge in [-0.1, -0.05) is 80.4 Å². The van der Waals surface area contributed by atoms with E-state index in [9.17, 15) is 24.3 Å². The fourth-order valence-electron chi connectivity index (χ4n) is 10.6. The van der Waals surface area contributed by atoms with Crippen LogP contribution in [0.5, 0.6) is 0 Å². The molecule has 1 aromatic heterocycles. The lowest BCUT2D eigenvalue weighted by atomic mass is 9.44. The van der Waals surface area contributed by atoms with E-state index in [1.54, 1.807) is 59.7 Å². The third-order valence-electron chi connectivity index (χ3n) is 13.5. The molecule has 11 unspecified atom stereocenters. The molecule has 0 spiro atoms. The summed E-state index contributed by atoms with van der Waals surface area (Å²) in [5, 5.41) is 16.1. The zero-order chi connectivity index (χ0) is 49.3. The number of halogens is 5. The number of carbonyl (C=O) groups is 4. The highest BCUT2D eigenvalue weighted by Gasteiger charge is 2.80. The molecule has 2 saturated heterocycles. The zero-order valence-electron chi connectivity index (χ0n) is 38.0. The summed E-state index contributed by atoms with van der Waals surface area (Å²) < 4.78 is 92.3. The van der Waals surface area contributed by atoms with Gasteiger partial charge in [0.05, 0.1) is 30.5 Å². The highest BCUT2D eigenvalue weighted by molar-refractivity contribution is 6.67. The van der Waals surface area contributed by atoms with Crippen LogP contribution in [0.2, 0.25) is 0 Å². The Morgan fingerprint density at radius 2 is 1.72 bits per heavy atom. The third-order valence-corrected chi connectivity index (χ3v) is 13.9. The maximum atomic E-state index is 17.2. The molecule has 1 amide bonds. The van der Waals surface area contributed by atoms with Crippen LogP contribution >= 0.6 is 34.8 Å². The summed E-state index contributed by atoms with van der Waals surface area (Å²) in [6.45, 7) is 15.1. The molecule has 2 bridgehead atoms. The van der Waals surface area contributed by atoms with Gasteiger partial charge < -0.3 is 57.5 Å². The van der Waals surface area contributed by atoms with Crippen molar-refractivity contribution in [2.24, 2.45) is 16.7 Å². The number of ether oxygens (including phenoxy) is 9. The maximum absolute atomic E-state index is 17.2. The Bertz CT molecular complexity index is 2250. The SMILES string of the molecule is C=CC1OC2C3=C(C)C(OC(F)(F)C(NC(=O)OC(C)(C)C)c4ccco4)CC(O)(C(OC(=O)c4ccccc4)C4C5(OC(C)=O)COC5CC(OC(=O)OCC(Cl)(Cl)Cl)[C@@]4(C)C2O1)C3(C)C. The monoisotopic (exact) mass is 1000 g/mol. The Hall–Kier alpha value is -4.01. The van der Waals surface area contributed by atoms with Crippen LogP contribution in [0.1, 0.15) is 90.4 Å². The number of fused-ring (bicyclic) bond motifs is 8. The molecule has 2 saturated carbocycles. The van der Waals surface area contributed by atoms with Crippen LogP contribution in [-0.2, 0) is 47.4 Å². The van der Waals surface area contributed by atoms with Crippen molar-refractivity contribution >= 4 is 59.0 Å². The van der Waals surface area contributed by atoms with Crippen LogP contribution in [0.15, 0.2) is 76.9 Å². The molecular formula is C46H54Cl3F2NO15. The molecular weight excluding hydrogens is 951 g/mol. The fraction of sp³-hybridized carbons (Fsp3) is 0.609. The van der Waals surface area contributed by atoms with Gasteiger partial charge in [-0.05, 0) is 69.2 Å². The molecule has 7 rings (SSSR count). The number of benzene rings is 1.